The minimum atomic E-state index is -0.292. The zero-order chi connectivity index (χ0) is 23.5. The maximum Gasteiger partial charge on any atom is 0.346 e. The fraction of sp³-hybridized carbons (Fsp3) is 0.348. The van der Waals surface area contributed by atoms with Crippen LogP contribution in [0.3, 0.4) is 0 Å². The first-order valence-corrected chi connectivity index (χ1v) is 10.8. The van der Waals surface area contributed by atoms with Gasteiger partial charge in [0.05, 0.1) is 19.8 Å². The molecule has 11 heteroatoms. The van der Waals surface area contributed by atoms with E-state index in [1.165, 1.54) is 6.33 Å². The van der Waals surface area contributed by atoms with Gasteiger partial charge in [0.15, 0.2) is 6.79 Å². The lowest BCUT2D eigenvalue weighted by Gasteiger charge is -2.39. The highest BCUT2D eigenvalue weighted by Gasteiger charge is 2.30. The van der Waals surface area contributed by atoms with E-state index in [4.69, 9.17) is 19.5 Å². The Morgan fingerprint density at radius 3 is 2.68 bits per heavy atom. The molecule has 2 aliphatic heterocycles. The Labute approximate surface area is 196 Å². The third-order valence-electron chi connectivity index (χ3n) is 5.98. The Morgan fingerprint density at radius 2 is 1.97 bits per heavy atom. The Hall–Kier alpha value is -4.01. The van der Waals surface area contributed by atoms with E-state index in [0.717, 1.165) is 27.1 Å². The van der Waals surface area contributed by atoms with Crippen molar-refractivity contribution in [1.82, 2.24) is 29.5 Å². The monoisotopic (exact) mass is 461 g/mol. The van der Waals surface area contributed by atoms with Gasteiger partial charge in [0, 0.05) is 44.0 Å². The molecule has 5 rings (SSSR count). The van der Waals surface area contributed by atoms with Gasteiger partial charge in [0.1, 0.15) is 18.1 Å². The largest absolute Gasteiger partial charge is 0.481 e. The number of aromatic nitrogens is 4. The summed E-state index contributed by atoms with van der Waals surface area (Å²) < 4.78 is 17.4. The number of nitriles is 1. The van der Waals surface area contributed by atoms with Crippen molar-refractivity contribution in [2.75, 3.05) is 40.1 Å². The van der Waals surface area contributed by atoms with Crippen LogP contribution in [0.1, 0.15) is 28.6 Å². The number of amides is 1. The summed E-state index contributed by atoms with van der Waals surface area (Å²) in [6.07, 6.45) is 3.10. The van der Waals surface area contributed by atoms with Crippen LogP contribution in [-0.4, -0.2) is 75.7 Å². The second-order valence-corrected chi connectivity index (χ2v) is 7.94. The van der Waals surface area contributed by atoms with E-state index in [2.05, 4.69) is 32.1 Å². The maximum absolute atomic E-state index is 12.8. The smallest absolute Gasteiger partial charge is 0.346 e. The van der Waals surface area contributed by atoms with Gasteiger partial charge in [0.2, 0.25) is 5.88 Å². The summed E-state index contributed by atoms with van der Waals surface area (Å²) in [5.41, 5.74) is 3.12. The number of rotatable bonds is 4. The molecule has 2 aliphatic rings. The predicted octanol–water partition coefficient (Wildman–Crippen LogP) is 1.80. The van der Waals surface area contributed by atoms with E-state index in [1.54, 1.807) is 12.0 Å². The summed E-state index contributed by atoms with van der Waals surface area (Å²) in [4.78, 5) is 25.0. The molecule has 0 saturated carbocycles. The summed E-state index contributed by atoms with van der Waals surface area (Å²) in [6.45, 7) is 3.08. The highest BCUT2D eigenvalue weighted by atomic mass is 16.7. The fourth-order valence-electron chi connectivity index (χ4n) is 4.29. The second kappa shape index (κ2) is 9.46. The fourth-order valence-corrected chi connectivity index (χ4v) is 4.29. The quantitative estimate of drug-likeness (QED) is 0.573. The Bertz CT molecular complexity index is 1210. The lowest BCUT2D eigenvalue weighted by atomic mass is 9.95. The summed E-state index contributed by atoms with van der Waals surface area (Å²) in [5, 5.41) is 12.8. The van der Waals surface area contributed by atoms with Crippen molar-refractivity contribution in [1.29, 1.82) is 5.26 Å². The molecule has 1 atom stereocenters. The number of piperazine rings is 1. The molecular formula is C23H23N7O4. The van der Waals surface area contributed by atoms with Crippen LogP contribution < -0.4 is 9.47 Å². The van der Waals surface area contributed by atoms with Gasteiger partial charge in [-0.15, -0.1) is 5.10 Å². The number of hydrogen-bond donors (Lipinski definition) is 0. The van der Waals surface area contributed by atoms with Crippen LogP contribution in [0, 0.1) is 11.3 Å². The van der Waals surface area contributed by atoms with E-state index in [-0.39, 0.29) is 24.7 Å². The van der Waals surface area contributed by atoms with Gasteiger partial charge < -0.3 is 19.1 Å². The number of hydrogen-bond acceptors (Lipinski definition) is 9. The van der Waals surface area contributed by atoms with E-state index in [9.17, 15) is 4.79 Å². The molecule has 34 heavy (non-hydrogen) atoms. The lowest BCUT2D eigenvalue weighted by Crippen LogP contribution is -2.51. The number of carbonyl (C=O) groups excluding carboxylic acids is 1. The first-order valence-electron chi connectivity index (χ1n) is 10.8. The average Bonchev–Trinajstić information content (AvgIpc) is 3.39. The third kappa shape index (κ3) is 4.28. The molecular weight excluding hydrogens is 438 g/mol. The van der Waals surface area contributed by atoms with Crippen LogP contribution >= 0.6 is 0 Å². The van der Waals surface area contributed by atoms with Crippen molar-refractivity contribution < 1.29 is 19.0 Å². The molecule has 0 bridgehead atoms. The summed E-state index contributed by atoms with van der Waals surface area (Å²) in [6, 6.07) is 11.5. The molecule has 1 fully saturated rings. The van der Waals surface area contributed by atoms with Gasteiger partial charge in [-0.25, -0.2) is 14.8 Å². The highest BCUT2D eigenvalue weighted by Crippen LogP contribution is 2.34. The molecule has 3 aromatic rings. The number of ether oxygens (including phenoxy) is 3. The van der Waals surface area contributed by atoms with Crippen LogP contribution in [0.4, 0.5) is 4.79 Å². The van der Waals surface area contributed by atoms with Crippen LogP contribution in [0.2, 0.25) is 0 Å². The minimum Gasteiger partial charge on any atom is -0.481 e. The topological polar surface area (TPSA) is 119 Å². The molecule has 0 N–H and O–H groups in total. The number of fused-ring (bicyclic) bond motifs is 1. The molecule has 0 spiro atoms. The van der Waals surface area contributed by atoms with Crippen molar-refractivity contribution in [3.63, 3.8) is 0 Å². The zero-order valence-corrected chi connectivity index (χ0v) is 18.6. The molecule has 11 nitrogen and oxygen atoms in total. The Balaban J connectivity index is 1.38. The molecule has 4 heterocycles. The zero-order valence-electron chi connectivity index (χ0n) is 18.6. The third-order valence-corrected chi connectivity index (χ3v) is 5.98. The first-order chi connectivity index (χ1) is 16.7. The Kier molecular flexibility index (Phi) is 6.07. The summed E-state index contributed by atoms with van der Waals surface area (Å²) in [7, 11) is 1.59. The molecule has 1 saturated heterocycles. The van der Waals surface area contributed by atoms with Gasteiger partial charge in [-0.1, -0.05) is 12.1 Å². The maximum atomic E-state index is 12.8. The summed E-state index contributed by atoms with van der Waals surface area (Å²) >= 11 is 0. The molecule has 1 unspecified atom stereocenters. The van der Waals surface area contributed by atoms with Crippen molar-refractivity contribution in [2.45, 2.75) is 12.6 Å². The molecule has 2 aromatic heterocycles. The second-order valence-electron chi connectivity index (χ2n) is 7.94. The van der Waals surface area contributed by atoms with E-state index >= 15 is 0 Å². The van der Waals surface area contributed by atoms with Crippen molar-refractivity contribution in [3.8, 4) is 17.7 Å². The lowest BCUT2D eigenvalue weighted by molar-refractivity contribution is -0.0164. The molecule has 1 aromatic carbocycles. The van der Waals surface area contributed by atoms with Gasteiger partial charge in [-0.3, -0.25) is 4.90 Å². The van der Waals surface area contributed by atoms with Gasteiger partial charge in [0.25, 0.3) is 5.82 Å². The van der Waals surface area contributed by atoms with E-state index in [1.807, 2.05) is 30.5 Å². The first kappa shape index (κ1) is 21.8. The SMILES string of the molecule is COc1ccc(C(c2ccc3c(c2)COCO3)N2CCN(C(=O)n3cnc(C#N)n3)CC2)cn1. The van der Waals surface area contributed by atoms with Crippen LogP contribution in [-0.2, 0) is 11.3 Å². The summed E-state index contributed by atoms with van der Waals surface area (Å²) in [5.74, 6) is 1.36. The van der Waals surface area contributed by atoms with E-state index in [0.29, 0.717) is 38.7 Å². The van der Waals surface area contributed by atoms with Crippen molar-refractivity contribution in [2.24, 2.45) is 0 Å². The number of carbonyl (C=O) groups is 1. The average molecular weight is 461 g/mol. The van der Waals surface area contributed by atoms with E-state index < -0.39 is 0 Å². The van der Waals surface area contributed by atoms with Crippen molar-refractivity contribution >= 4 is 6.03 Å². The van der Waals surface area contributed by atoms with Crippen LogP contribution in [0.15, 0.2) is 42.9 Å². The normalized spacial score (nSPS) is 16.8. The van der Waals surface area contributed by atoms with Gasteiger partial charge in [-0.2, -0.15) is 9.94 Å². The van der Waals surface area contributed by atoms with Gasteiger partial charge in [-0.05, 0) is 23.3 Å². The number of pyridine rings is 1. The molecule has 1 amide bonds. The predicted molar refractivity (Wildman–Crippen MR) is 118 cm³/mol. The Morgan fingerprint density at radius 1 is 1.15 bits per heavy atom. The minimum absolute atomic E-state index is 0.0283. The molecule has 0 radical (unpaired) electrons. The van der Waals surface area contributed by atoms with Crippen LogP contribution in [0.25, 0.3) is 0 Å². The van der Waals surface area contributed by atoms with Crippen molar-refractivity contribution in [3.05, 3.63) is 65.4 Å². The highest BCUT2D eigenvalue weighted by molar-refractivity contribution is 5.75. The molecule has 0 aliphatic carbocycles. The number of benzene rings is 1. The standard InChI is InChI=1S/C23H23N7O4/c1-32-21-5-3-17(12-25-21)22(16-2-4-19-18(10-16)13-33-15-34-19)28-6-8-29(9-7-28)23(31)30-14-26-20(11-24)27-30/h2-5,10,12,14,22H,6-9,13,15H2,1H3. The number of methoxy groups -OCH3 is 1. The van der Waals surface area contributed by atoms with Crippen LogP contribution in [0.5, 0.6) is 11.6 Å². The van der Waals surface area contributed by atoms with Gasteiger partial charge >= 0.3 is 6.03 Å². The molecule has 174 valence electrons. The number of nitrogens with zero attached hydrogens (tertiary/aromatic N) is 7.